The van der Waals surface area contributed by atoms with E-state index in [1.807, 2.05) is 4.90 Å². The van der Waals surface area contributed by atoms with E-state index < -0.39 is 14.7 Å². The van der Waals surface area contributed by atoms with E-state index in [1.54, 1.807) is 7.05 Å². The highest BCUT2D eigenvalue weighted by molar-refractivity contribution is 7.92. The number of likely N-dealkylation sites (tertiary alicyclic amines) is 1. The van der Waals surface area contributed by atoms with Crippen molar-refractivity contribution in [3.8, 4) is 0 Å². The number of rotatable bonds is 1. The van der Waals surface area contributed by atoms with Gasteiger partial charge in [-0.25, -0.2) is 15.0 Å². The molecule has 1 aliphatic heterocycles. The van der Waals surface area contributed by atoms with Crippen LogP contribution in [-0.4, -0.2) is 44.6 Å². The van der Waals surface area contributed by atoms with Crippen LogP contribution in [0.1, 0.15) is 0 Å². The van der Waals surface area contributed by atoms with E-state index in [2.05, 4.69) is 4.85 Å². The number of hydrogen-bond acceptors (Lipinski definition) is 3. The van der Waals surface area contributed by atoms with Crippen molar-refractivity contribution in [2.45, 2.75) is 4.87 Å². The van der Waals surface area contributed by atoms with Gasteiger partial charge in [-0.15, -0.1) is 0 Å². The summed E-state index contributed by atoms with van der Waals surface area (Å²) in [4.78, 5) is 3.85. The molecule has 1 heterocycles. The lowest BCUT2D eigenvalue weighted by atomic mass is 10.1. The van der Waals surface area contributed by atoms with Crippen LogP contribution in [-0.2, 0) is 9.84 Å². The van der Waals surface area contributed by atoms with Gasteiger partial charge in [-0.2, -0.15) is 0 Å². The van der Waals surface area contributed by atoms with Gasteiger partial charge < -0.3 is 0 Å². The molecular weight excluding hydrogens is 164 g/mol. The summed E-state index contributed by atoms with van der Waals surface area (Å²) in [6.07, 6.45) is 1.12. The third kappa shape index (κ3) is 1.12. The van der Waals surface area contributed by atoms with Gasteiger partial charge in [0.05, 0.1) is 13.1 Å². The standard InChI is InChI=1S/C6H10N2O2S/c1-7-6(11(3,9)10)4-8(2)5-6/h4-5H2,2-3H3. The van der Waals surface area contributed by atoms with Crippen LogP contribution < -0.4 is 0 Å². The maximum atomic E-state index is 11.1. The van der Waals surface area contributed by atoms with E-state index in [0.717, 1.165) is 6.26 Å². The van der Waals surface area contributed by atoms with Crippen molar-refractivity contribution in [3.05, 3.63) is 11.4 Å². The molecule has 0 aromatic heterocycles. The molecule has 0 aromatic rings. The van der Waals surface area contributed by atoms with E-state index in [4.69, 9.17) is 6.57 Å². The molecule has 0 aliphatic carbocycles. The summed E-state index contributed by atoms with van der Waals surface area (Å²) in [7, 11) is -1.41. The van der Waals surface area contributed by atoms with E-state index in [0.29, 0.717) is 13.1 Å². The molecule has 0 atom stereocenters. The van der Waals surface area contributed by atoms with E-state index in [1.165, 1.54) is 0 Å². The molecule has 0 saturated carbocycles. The Morgan fingerprint density at radius 2 is 2.00 bits per heavy atom. The summed E-state index contributed by atoms with van der Waals surface area (Å²) in [5.74, 6) is 0. The van der Waals surface area contributed by atoms with Gasteiger partial charge in [0.2, 0.25) is 9.84 Å². The fraction of sp³-hybridized carbons (Fsp3) is 0.833. The first-order chi connectivity index (χ1) is 4.91. The van der Waals surface area contributed by atoms with Crippen molar-refractivity contribution in [2.75, 3.05) is 26.4 Å². The molecule has 1 saturated heterocycles. The van der Waals surface area contributed by atoms with Crippen molar-refractivity contribution < 1.29 is 8.42 Å². The zero-order valence-corrected chi connectivity index (χ0v) is 7.35. The van der Waals surface area contributed by atoms with Crippen LogP contribution in [0.2, 0.25) is 0 Å². The van der Waals surface area contributed by atoms with Gasteiger partial charge in [0.15, 0.2) is 0 Å². The van der Waals surface area contributed by atoms with Crippen LogP contribution in [0.3, 0.4) is 0 Å². The number of hydrogen-bond donors (Lipinski definition) is 0. The van der Waals surface area contributed by atoms with E-state index in [9.17, 15) is 8.42 Å². The first kappa shape index (κ1) is 8.50. The van der Waals surface area contributed by atoms with Gasteiger partial charge in [0.1, 0.15) is 0 Å². The second kappa shape index (κ2) is 2.19. The van der Waals surface area contributed by atoms with Crippen molar-refractivity contribution in [2.24, 2.45) is 0 Å². The molecular formula is C6H10N2O2S. The van der Waals surface area contributed by atoms with Crippen LogP contribution in [0, 0.1) is 6.57 Å². The maximum absolute atomic E-state index is 11.1. The van der Waals surface area contributed by atoms with E-state index in [-0.39, 0.29) is 0 Å². The predicted molar refractivity (Wildman–Crippen MR) is 41.7 cm³/mol. The molecule has 1 aliphatic rings. The number of sulfone groups is 1. The van der Waals surface area contributed by atoms with Gasteiger partial charge in [-0.1, -0.05) is 0 Å². The van der Waals surface area contributed by atoms with Crippen molar-refractivity contribution >= 4 is 9.84 Å². The molecule has 5 heteroatoms. The average Bonchev–Trinajstić information content (AvgIpc) is 1.77. The van der Waals surface area contributed by atoms with Gasteiger partial charge >= 0.3 is 4.87 Å². The Morgan fingerprint density at radius 1 is 1.55 bits per heavy atom. The van der Waals surface area contributed by atoms with Crippen molar-refractivity contribution in [1.82, 2.24) is 4.90 Å². The summed E-state index contributed by atoms with van der Waals surface area (Å²) in [6.45, 7) is 7.46. The van der Waals surface area contributed by atoms with Gasteiger partial charge in [0.25, 0.3) is 0 Å². The maximum Gasteiger partial charge on any atom is 0.353 e. The van der Waals surface area contributed by atoms with Crippen LogP contribution in [0.25, 0.3) is 4.85 Å². The zero-order valence-electron chi connectivity index (χ0n) is 6.53. The highest BCUT2D eigenvalue weighted by Gasteiger charge is 2.57. The van der Waals surface area contributed by atoms with Crippen molar-refractivity contribution in [3.63, 3.8) is 0 Å². The summed E-state index contributed by atoms with van der Waals surface area (Å²) in [5, 5.41) is 0. The minimum absolute atomic E-state index is 0.343. The van der Waals surface area contributed by atoms with Gasteiger partial charge in [0, 0.05) is 6.26 Å². The molecule has 4 nitrogen and oxygen atoms in total. The predicted octanol–water partition coefficient (Wildman–Crippen LogP) is -0.408. The quantitative estimate of drug-likeness (QED) is 0.508. The lowest BCUT2D eigenvalue weighted by molar-refractivity contribution is 0.186. The Balaban J connectivity index is 2.93. The Hall–Kier alpha value is -0.600. The van der Waals surface area contributed by atoms with Crippen molar-refractivity contribution in [1.29, 1.82) is 0 Å². The Kier molecular flexibility index (Phi) is 1.69. The third-order valence-electron chi connectivity index (χ3n) is 1.93. The second-order valence-corrected chi connectivity index (χ2v) is 5.31. The smallest absolute Gasteiger partial charge is 0.290 e. The number of likely N-dealkylation sites (N-methyl/N-ethyl adjacent to an activating group) is 1. The van der Waals surface area contributed by atoms with Crippen LogP contribution in [0.5, 0.6) is 0 Å². The molecule has 0 bridgehead atoms. The molecule has 62 valence electrons. The molecule has 0 amide bonds. The topological polar surface area (TPSA) is 41.7 Å². The summed E-state index contributed by atoms with van der Waals surface area (Å²) in [6, 6.07) is 0. The van der Waals surface area contributed by atoms with Crippen LogP contribution in [0.15, 0.2) is 0 Å². The summed E-state index contributed by atoms with van der Waals surface area (Å²) < 4.78 is 22.1. The SMILES string of the molecule is [C-]#[N+]C1(S(C)(=O)=O)CN(C)C1. The summed E-state index contributed by atoms with van der Waals surface area (Å²) in [5.41, 5.74) is 0. The third-order valence-corrected chi connectivity index (χ3v) is 3.66. The lowest BCUT2D eigenvalue weighted by Crippen LogP contribution is -2.61. The van der Waals surface area contributed by atoms with Gasteiger partial charge in [-0.05, 0) is 7.05 Å². The van der Waals surface area contributed by atoms with Crippen LogP contribution in [0.4, 0.5) is 0 Å². The Bertz CT molecular complexity index is 295. The first-order valence-electron chi connectivity index (χ1n) is 3.18. The largest absolute Gasteiger partial charge is 0.353 e. The minimum Gasteiger partial charge on any atom is -0.290 e. The highest BCUT2D eigenvalue weighted by atomic mass is 32.2. The summed E-state index contributed by atoms with van der Waals surface area (Å²) >= 11 is 0. The Morgan fingerprint density at radius 3 is 2.09 bits per heavy atom. The molecule has 1 fully saturated rings. The molecule has 1 rings (SSSR count). The normalized spacial score (nSPS) is 23.7. The minimum atomic E-state index is -3.21. The zero-order chi connectivity index (χ0) is 8.70. The molecule has 0 radical (unpaired) electrons. The van der Waals surface area contributed by atoms with Gasteiger partial charge in [-0.3, -0.25) is 9.74 Å². The molecule has 0 N–H and O–H groups in total. The van der Waals surface area contributed by atoms with Crippen LogP contribution >= 0.6 is 0 Å². The second-order valence-electron chi connectivity index (χ2n) is 3.00. The fourth-order valence-electron chi connectivity index (χ4n) is 1.19. The number of nitrogens with zero attached hydrogens (tertiary/aromatic N) is 2. The monoisotopic (exact) mass is 174 g/mol. The first-order valence-corrected chi connectivity index (χ1v) is 5.07. The molecule has 0 unspecified atom stereocenters. The average molecular weight is 174 g/mol. The molecule has 11 heavy (non-hydrogen) atoms. The highest BCUT2D eigenvalue weighted by Crippen LogP contribution is 2.28. The lowest BCUT2D eigenvalue weighted by Gasteiger charge is -2.36. The fourth-order valence-corrected chi connectivity index (χ4v) is 2.26. The molecule has 0 aromatic carbocycles. The molecule has 0 spiro atoms. The Labute approximate surface area is 66.5 Å². The van der Waals surface area contributed by atoms with E-state index >= 15 is 0 Å².